The number of aryl methyl sites for hydroxylation is 1. The van der Waals surface area contributed by atoms with E-state index in [2.05, 4.69) is 17.2 Å². The number of carbonyl (C=O) groups excluding carboxylic acids is 1. The van der Waals surface area contributed by atoms with Crippen LogP contribution in [0.15, 0.2) is 54.8 Å². The molecule has 130 valence electrons. The summed E-state index contributed by atoms with van der Waals surface area (Å²) in [6.45, 7) is 5.88. The molecule has 0 saturated heterocycles. The summed E-state index contributed by atoms with van der Waals surface area (Å²) in [6.07, 6.45) is 9.06. The van der Waals surface area contributed by atoms with Crippen molar-refractivity contribution in [3.05, 3.63) is 66.0 Å². The standard InChI is InChI=1S/C21H23ClN2O/c1-4-6-11-20(22)19-13-17(14-23-15(19)3)16-9-7-10-18(12-16)24-21(25)8-5-2/h5,7-14H,4,6H2,1-3H3,(H,24,25)/b8-5+,20-11+. The topological polar surface area (TPSA) is 42.0 Å². The van der Waals surface area contributed by atoms with Crippen LogP contribution < -0.4 is 5.32 Å². The minimum Gasteiger partial charge on any atom is -0.323 e. The molecule has 0 aliphatic heterocycles. The second-order valence-electron chi connectivity index (χ2n) is 5.77. The summed E-state index contributed by atoms with van der Waals surface area (Å²) in [7, 11) is 0. The fraction of sp³-hybridized carbons (Fsp3) is 0.238. The molecule has 25 heavy (non-hydrogen) atoms. The van der Waals surface area contributed by atoms with E-state index in [1.54, 1.807) is 6.08 Å². The van der Waals surface area contributed by atoms with Crippen LogP contribution in [0.1, 0.15) is 37.9 Å². The molecule has 0 unspecified atom stereocenters. The molecule has 3 nitrogen and oxygen atoms in total. The van der Waals surface area contributed by atoms with Crippen molar-refractivity contribution in [2.45, 2.75) is 33.6 Å². The van der Waals surface area contributed by atoms with Crippen molar-refractivity contribution in [2.24, 2.45) is 0 Å². The van der Waals surface area contributed by atoms with Crippen molar-refractivity contribution < 1.29 is 4.79 Å². The van der Waals surface area contributed by atoms with Gasteiger partial charge in [0.1, 0.15) is 0 Å². The minimum absolute atomic E-state index is 0.145. The zero-order valence-electron chi connectivity index (χ0n) is 14.8. The lowest BCUT2D eigenvalue weighted by atomic mass is 10.0. The number of amides is 1. The number of anilines is 1. The maximum absolute atomic E-state index is 11.7. The van der Waals surface area contributed by atoms with E-state index in [1.165, 1.54) is 6.08 Å². The summed E-state index contributed by atoms with van der Waals surface area (Å²) in [4.78, 5) is 16.2. The first-order valence-corrected chi connectivity index (χ1v) is 8.79. The van der Waals surface area contributed by atoms with Gasteiger partial charge in [0.15, 0.2) is 0 Å². The van der Waals surface area contributed by atoms with Gasteiger partial charge in [-0.2, -0.15) is 0 Å². The van der Waals surface area contributed by atoms with E-state index < -0.39 is 0 Å². The van der Waals surface area contributed by atoms with Gasteiger partial charge in [-0.1, -0.05) is 49.2 Å². The maximum atomic E-state index is 11.7. The van der Waals surface area contributed by atoms with E-state index in [0.717, 1.165) is 45.9 Å². The Morgan fingerprint density at radius 2 is 2.08 bits per heavy atom. The number of nitrogens with one attached hydrogen (secondary N) is 1. The van der Waals surface area contributed by atoms with Gasteiger partial charge in [0.05, 0.1) is 0 Å². The maximum Gasteiger partial charge on any atom is 0.248 e. The van der Waals surface area contributed by atoms with E-state index >= 15 is 0 Å². The molecule has 0 saturated carbocycles. The molecular weight excluding hydrogens is 332 g/mol. The summed E-state index contributed by atoms with van der Waals surface area (Å²) in [5.41, 5.74) is 4.53. The van der Waals surface area contributed by atoms with Crippen LogP contribution in [0.2, 0.25) is 0 Å². The van der Waals surface area contributed by atoms with Crippen molar-refractivity contribution in [3.63, 3.8) is 0 Å². The number of rotatable bonds is 6. The molecule has 1 aromatic heterocycles. The smallest absolute Gasteiger partial charge is 0.248 e. The van der Waals surface area contributed by atoms with Gasteiger partial charge in [-0.15, -0.1) is 0 Å². The average Bonchev–Trinajstić information content (AvgIpc) is 2.60. The van der Waals surface area contributed by atoms with E-state index in [4.69, 9.17) is 11.6 Å². The fourth-order valence-electron chi connectivity index (χ4n) is 2.43. The largest absolute Gasteiger partial charge is 0.323 e. The number of nitrogens with zero attached hydrogens (tertiary/aromatic N) is 1. The third-order valence-electron chi connectivity index (χ3n) is 3.74. The Morgan fingerprint density at radius 3 is 2.80 bits per heavy atom. The molecule has 0 aliphatic rings. The molecule has 0 spiro atoms. The lowest BCUT2D eigenvalue weighted by Crippen LogP contribution is -2.07. The van der Waals surface area contributed by atoms with Crippen LogP contribution in [0.25, 0.3) is 16.2 Å². The zero-order chi connectivity index (χ0) is 18.2. The van der Waals surface area contributed by atoms with E-state index in [-0.39, 0.29) is 5.91 Å². The molecule has 0 aliphatic carbocycles. The van der Waals surface area contributed by atoms with Gasteiger partial charge >= 0.3 is 0 Å². The monoisotopic (exact) mass is 354 g/mol. The molecule has 4 heteroatoms. The number of hydrogen-bond acceptors (Lipinski definition) is 2. The predicted molar refractivity (Wildman–Crippen MR) is 107 cm³/mol. The highest BCUT2D eigenvalue weighted by Gasteiger charge is 2.08. The Hall–Kier alpha value is -2.39. The zero-order valence-corrected chi connectivity index (χ0v) is 15.6. The molecule has 1 N–H and O–H groups in total. The third-order valence-corrected chi connectivity index (χ3v) is 4.10. The molecule has 1 heterocycles. The molecule has 1 aromatic carbocycles. The Balaban J connectivity index is 2.34. The van der Waals surface area contributed by atoms with Crippen molar-refractivity contribution in [1.29, 1.82) is 0 Å². The number of allylic oxidation sites excluding steroid dienone is 2. The number of benzene rings is 1. The third kappa shape index (κ3) is 5.30. The predicted octanol–water partition coefficient (Wildman–Crippen LogP) is 5.95. The SMILES string of the molecule is C/C=C/C(=O)Nc1cccc(-c2cnc(C)c(/C(Cl)=C\CCC)c2)c1. The van der Waals surface area contributed by atoms with Gasteiger partial charge < -0.3 is 5.32 Å². The van der Waals surface area contributed by atoms with Gasteiger partial charge in [-0.3, -0.25) is 9.78 Å². The Bertz CT molecular complexity index is 809. The van der Waals surface area contributed by atoms with E-state index in [1.807, 2.05) is 56.5 Å². The molecule has 2 aromatic rings. The molecule has 0 radical (unpaired) electrons. The highest BCUT2D eigenvalue weighted by molar-refractivity contribution is 6.48. The van der Waals surface area contributed by atoms with Crippen LogP contribution in [-0.2, 0) is 4.79 Å². The normalized spacial score (nSPS) is 11.8. The van der Waals surface area contributed by atoms with Gasteiger partial charge in [0.2, 0.25) is 5.91 Å². The molecule has 0 fully saturated rings. The van der Waals surface area contributed by atoms with Gasteiger partial charge in [-0.25, -0.2) is 0 Å². The first kappa shape index (κ1) is 18.9. The molecule has 0 atom stereocenters. The number of halogens is 1. The van der Waals surface area contributed by atoms with Crippen molar-refractivity contribution in [3.8, 4) is 11.1 Å². The molecule has 0 bridgehead atoms. The minimum atomic E-state index is -0.145. The lowest BCUT2D eigenvalue weighted by molar-refractivity contribution is -0.111. The highest BCUT2D eigenvalue weighted by Crippen LogP contribution is 2.29. The second kappa shape index (κ2) is 9.19. The summed E-state index contributed by atoms with van der Waals surface area (Å²) < 4.78 is 0. The van der Waals surface area contributed by atoms with E-state index in [0.29, 0.717) is 0 Å². The van der Waals surface area contributed by atoms with E-state index in [9.17, 15) is 4.79 Å². The molecule has 2 rings (SSSR count). The average molecular weight is 355 g/mol. The van der Waals surface area contributed by atoms with Crippen LogP contribution in [-0.4, -0.2) is 10.9 Å². The van der Waals surface area contributed by atoms with Gasteiger partial charge in [0.25, 0.3) is 0 Å². The highest BCUT2D eigenvalue weighted by atomic mass is 35.5. The first-order valence-electron chi connectivity index (χ1n) is 8.42. The van der Waals surface area contributed by atoms with Crippen LogP contribution in [0.4, 0.5) is 5.69 Å². The summed E-state index contributed by atoms with van der Waals surface area (Å²) in [5.74, 6) is -0.145. The number of pyridine rings is 1. The van der Waals surface area contributed by atoms with Crippen LogP contribution >= 0.6 is 11.6 Å². The molecule has 1 amide bonds. The quantitative estimate of drug-likeness (QED) is 0.651. The number of hydrogen-bond donors (Lipinski definition) is 1. The Morgan fingerprint density at radius 1 is 1.28 bits per heavy atom. The summed E-state index contributed by atoms with van der Waals surface area (Å²) in [6, 6.07) is 9.74. The fourth-order valence-corrected chi connectivity index (χ4v) is 2.73. The van der Waals surface area contributed by atoms with Crippen LogP contribution in [0.3, 0.4) is 0 Å². The van der Waals surface area contributed by atoms with Gasteiger partial charge in [0, 0.05) is 33.7 Å². The first-order chi connectivity index (χ1) is 12.0. The van der Waals surface area contributed by atoms with Crippen molar-refractivity contribution in [2.75, 3.05) is 5.32 Å². The van der Waals surface area contributed by atoms with Crippen molar-refractivity contribution >= 4 is 28.2 Å². The second-order valence-corrected chi connectivity index (χ2v) is 6.17. The Labute approximate surface area is 154 Å². The number of unbranched alkanes of at least 4 members (excludes halogenated alkanes) is 1. The summed E-state index contributed by atoms with van der Waals surface area (Å²) in [5, 5.41) is 3.57. The molecular formula is C21H23ClN2O. The van der Waals surface area contributed by atoms with Crippen molar-refractivity contribution in [1.82, 2.24) is 4.98 Å². The summed E-state index contributed by atoms with van der Waals surface area (Å²) >= 11 is 6.44. The number of carbonyl (C=O) groups is 1. The van der Waals surface area contributed by atoms with Crippen LogP contribution in [0, 0.1) is 6.92 Å². The number of aromatic nitrogens is 1. The van der Waals surface area contributed by atoms with Crippen LogP contribution in [0.5, 0.6) is 0 Å². The Kier molecular flexibility index (Phi) is 6.96. The lowest BCUT2D eigenvalue weighted by Gasteiger charge is -2.10. The van der Waals surface area contributed by atoms with Gasteiger partial charge in [-0.05, 0) is 50.1 Å².